The van der Waals surface area contributed by atoms with Crippen LogP contribution in [0.5, 0.6) is 0 Å². The Balaban J connectivity index is 0.000001000. The summed E-state index contributed by atoms with van der Waals surface area (Å²) in [6.45, 7) is -0.328. The Morgan fingerprint density at radius 1 is 1.64 bits per heavy atom. The zero-order valence-electron chi connectivity index (χ0n) is 5.58. The van der Waals surface area contributed by atoms with Crippen molar-refractivity contribution in [3.05, 3.63) is 0 Å². The number of hydrogen-bond acceptors (Lipinski definition) is 3. The van der Waals surface area contributed by atoms with E-state index in [2.05, 4.69) is 5.32 Å². The number of aliphatic hydroxyl groups excluding tert-OH is 1. The number of nitrogens with one attached hydrogen (secondary N) is 1. The number of aliphatic hydroxyl groups is 1. The SMILES string of the molecule is O=C(O)C(CO)NC1CC1.[NaH]. The van der Waals surface area contributed by atoms with Crippen molar-refractivity contribution in [3.8, 4) is 0 Å². The summed E-state index contributed by atoms with van der Waals surface area (Å²) in [5.74, 6) is -0.977. The van der Waals surface area contributed by atoms with Crippen LogP contribution in [0, 0.1) is 0 Å². The van der Waals surface area contributed by atoms with E-state index in [0.717, 1.165) is 12.8 Å². The first-order chi connectivity index (χ1) is 4.74. The van der Waals surface area contributed by atoms with Crippen LogP contribution < -0.4 is 5.32 Å². The van der Waals surface area contributed by atoms with Crippen LogP contribution in [0.1, 0.15) is 12.8 Å². The van der Waals surface area contributed by atoms with E-state index in [9.17, 15) is 4.79 Å². The fourth-order valence-electron chi connectivity index (χ4n) is 0.737. The van der Waals surface area contributed by atoms with Gasteiger partial charge in [-0.1, -0.05) is 0 Å². The Labute approximate surface area is 87.3 Å². The van der Waals surface area contributed by atoms with E-state index in [-0.39, 0.29) is 36.2 Å². The predicted octanol–water partition coefficient (Wildman–Crippen LogP) is -1.46. The second kappa shape index (κ2) is 5.11. The van der Waals surface area contributed by atoms with E-state index in [4.69, 9.17) is 10.2 Å². The maximum atomic E-state index is 10.3. The number of rotatable bonds is 4. The van der Waals surface area contributed by atoms with Crippen molar-refractivity contribution >= 4 is 35.5 Å². The minimum absolute atomic E-state index is 0. The molecule has 0 aliphatic heterocycles. The van der Waals surface area contributed by atoms with Gasteiger partial charge in [0.2, 0.25) is 0 Å². The van der Waals surface area contributed by atoms with Crippen LogP contribution >= 0.6 is 0 Å². The van der Waals surface area contributed by atoms with Crippen LogP contribution in [-0.4, -0.2) is 64.4 Å². The molecule has 1 aliphatic rings. The molecule has 1 saturated carbocycles. The van der Waals surface area contributed by atoms with Gasteiger partial charge in [-0.3, -0.25) is 10.1 Å². The summed E-state index contributed by atoms with van der Waals surface area (Å²) in [6.07, 6.45) is 2.06. The van der Waals surface area contributed by atoms with E-state index in [1.54, 1.807) is 0 Å². The molecule has 0 aromatic rings. The van der Waals surface area contributed by atoms with Crippen LogP contribution in [0.3, 0.4) is 0 Å². The molecular formula is C6H12NNaO3. The molecule has 1 aliphatic carbocycles. The summed E-state index contributed by atoms with van der Waals surface area (Å²) < 4.78 is 0. The molecule has 0 spiro atoms. The molecule has 0 heterocycles. The number of carboxylic acid groups (broad SMARTS) is 1. The molecule has 1 fully saturated rings. The Bertz CT molecular complexity index is 138. The second-order valence-corrected chi connectivity index (χ2v) is 2.51. The zero-order chi connectivity index (χ0) is 7.56. The van der Waals surface area contributed by atoms with Crippen molar-refractivity contribution in [2.75, 3.05) is 6.61 Å². The van der Waals surface area contributed by atoms with Crippen LogP contribution in [-0.2, 0) is 4.79 Å². The molecule has 3 N–H and O–H groups in total. The van der Waals surface area contributed by atoms with Gasteiger partial charge in [0.15, 0.2) is 0 Å². The van der Waals surface area contributed by atoms with E-state index in [1.807, 2.05) is 0 Å². The third kappa shape index (κ3) is 4.08. The van der Waals surface area contributed by atoms with Gasteiger partial charge in [-0.05, 0) is 12.8 Å². The number of hydrogen-bond donors (Lipinski definition) is 3. The molecule has 0 saturated heterocycles. The Hall–Kier alpha value is 0.390. The summed E-state index contributed by atoms with van der Waals surface area (Å²) in [6, 6.07) is -0.444. The van der Waals surface area contributed by atoms with E-state index >= 15 is 0 Å². The Morgan fingerprint density at radius 2 is 2.18 bits per heavy atom. The molecule has 0 aromatic heterocycles. The van der Waals surface area contributed by atoms with E-state index < -0.39 is 12.0 Å². The van der Waals surface area contributed by atoms with Crippen molar-refractivity contribution in [3.63, 3.8) is 0 Å². The van der Waals surface area contributed by atoms with Crippen molar-refractivity contribution in [2.45, 2.75) is 24.9 Å². The van der Waals surface area contributed by atoms with Crippen LogP contribution in [0.4, 0.5) is 0 Å². The van der Waals surface area contributed by atoms with Gasteiger partial charge >= 0.3 is 35.5 Å². The minimum atomic E-state index is -0.977. The summed E-state index contributed by atoms with van der Waals surface area (Å²) in [5, 5.41) is 19.7. The van der Waals surface area contributed by atoms with Crippen LogP contribution in [0.2, 0.25) is 0 Å². The Kier molecular flexibility index (Phi) is 5.29. The predicted molar refractivity (Wildman–Crippen MR) is 41.8 cm³/mol. The van der Waals surface area contributed by atoms with E-state index in [1.165, 1.54) is 0 Å². The first-order valence-electron chi connectivity index (χ1n) is 3.33. The molecule has 0 radical (unpaired) electrons. The quantitative estimate of drug-likeness (QED) is 0.450. The molecule has 1 atom stereocenters. The topological polar surface area (TPSA) is 69.6 Å². The van der Waals surface area contributed by atoms with Gasteiger partial charge in [0, 0.05) is 6.04 Å². The molecule has 0 amide bonds. The molecule has 1 rings (SSSR count). The molecule has 5 heteroatoms. The van der Waals surface area contributed by atoms with Crippen molar-refractivity contribution in [1.82, 2.24) is 5.32 Å². The van der Waals surface area contributed by atoms with Crippen LogP contribution in [0.25, 0.3) is 0 Å². The monoisotopic (exact) mass is 169 g/mol. The summed E-state index contributed by atoms with van der Waals surface area (Å²) in [4.78, 5) is 10.3. The normalized spacial score (nSPS) is 18.6. The summed E-state index contributed by atoms with van der Waals surface area (Å²) in [5.41, 5.74) is 0. The first kappa shape index (κ1) is 11.4. The molecule has 11 heavy (non-hydrogen) atoms. The molecular weight excluding hydrogens is 157 g/mol. The summed E-state index contributed by atoms with van der Waals surface area (Å²) >= 11 is 0. The van der Waals surface area contributed by atoms with Crippen molar-refractivity contribution in [1.29, 1.82) is 0 Å². The van der Waals surface area contributed by atoms with E-state index in [0.29, 0.717) is 6.04 Å². The number of carboxylic acids is 1. The molecule has 0 bridgehead atoms. The Morgan fingerprint density at radius 3 is 2.45 bits per heavy atom. The van der Waals surface area contributed by atoms with Gasteiger partial charge in [-0.15, -0.1) is 0 Å². The fraction of sp³-hybridized carbons (Fsp3) is 0.833. The molecule has 1 unspecified atom stereocenters. The standard InChI is InChI=1S/C6H11NO3.Na.H/c8-3-5(6(9)10)7-4-1-2-4;;/h4-5,7-8H,1-3H2,(H,9,10);;. The third-order valence-corrected chi connectivity index (χ3v) is 1.49. The van der Waals surface area contributed by atoms with Crippen LogP contribution in [0.15, 0.2) is 0 Å². The molecule has 60 valence electrons. The first-order valence-corrected chi connectivity index (χ1v) is 3.33. The maximum absolute atomic E-state index is 10.3. The van der Waals surface area contributed by atoms with Crippen molar-refractivity contribution in [2.24, 2.45) is 0 Å². The zero-order valence-corrected chi connectivity index (χ0v) is 5.58. The third-order valence-electron chi connectivity index (χ3n) is 1.49. The fourth-order valence-corrected chi connectivity index (χ4v) is 0.737. The molecule has 4 nitrogen and oxygen atoms in total. The number of carbonyl (C=O) groups is 1. The van der Waals surface area contributed by atoms with Crippen molar-refractivity contribution < 1.29 is 15.0 Å². The van der Waals surface area contributed by atoms with Gasteiger partial charge in [-0.25, -0.2) is 0 Å². The second-order valence-electron chi connectivity index (χ2n) is 2.51. The van der Waals surface area contributed by atoms with Gasteiger partial charge in [0.25, 0.3) is 0 Å². The van der Waals surface area contributed by atoms with Gasteiger partial charge in [0.1, 0.15) is 6.04 Å². The average molecular weight is 169 g/mol. The van der Waals surface area contributed by atoms with Gasteiger partial charge < -0.3 is 10.2 Å². The molecule has 0 aromatic carbocycles. The average Bonchev–Trinajstić information content (AvgIpc) is 2.64. The number of aliphatic carboxylic acids is 1. The van der Waals surface area contributed by atoms with Gasteiger partial charge in [0.05, 0.1) is 6.61 Å². The van der Waals surface area contributed by atoms with Gasteiger partial charge in [-0.2, -0.15) is 0 Å². The summed E-state index contributed by atoms with van der Waals surface area (Å²) in [7, 11) is 0.